The Morgan fingerprint density at radius 1 is 1.05 bits per heavy atom. The molecule has 0 saturated heterocycles. The summed E-state index contributed by atoms with van der Waals surface area (Å²) in [6, 6.07) is 14.5. The van der Waals surface area contributed by atoms with E-state index >= 15 is 0 Å². The molecule has 3 rings (SSSR count). The molecule has 1 aromatic heterocycles. The summed E-state index contributed by atoms with van der Waals surface area (Å²) < 4.78 is 2.40. The first-order chi connectivity index (χ1) is 9.65. The van der Waals surface area contributed by atoms with Gasteiger partial charge in [0.2, 0.25) is 5.43 Å². The standard InChI is InChI=1S/C16H13BrN2O/c17-14-9-19(10-15(18)16(14)20)8-12-6-3-5-11-4-1-2-7-13(11)12/h1-7,9-10H,8,18H2. The van der Waals surface area contributed by atoms with Gasteiger partial charge in [-0.25, -0.2) is 0 Å². The summed E-state index contributed by atoms with van der Waals surface area (Å²) in [5, 5.41) is 2.42. The van der Waals surface area contributed by atoms with Gasteiger partial charge in [-0.05, 0) is 32.3 Å². The van der Waals surface area contributed by atoms with E-state index in [-0.39, 0.29) is 11.1 Å². The van der Waals surface area contributed by atoms with Gasteiger partial charge in [-0.15, -0.1) is 0 Å². The topological polar surface area (TPSA) is 48.0 Å². The van der Waals surface area contributed by atoms with Crippen LogP contribution in [0, 0.1) is 0 Å². The largest absolute Gasteiger partial charge is 0.394 e. The van der Waals surface area contributed by atoms with E-state index in [2.05, 4.69) is 40.2 Å². The molecule has 0 spiro atoms. The molecule has 0 unspecified atom stereocenters. The average Bonchev–Trinajstić information content (AvgIpc) is 2.45. The number of aromatic nitrogens is 1. The van der Waals surface area contributed by atoms with E-state index in [1.165, 1.54) is 16.3 Å². The maximum atomic E-state index is 11.6. The van der Waals surface area contributed by atoms with Gasteiger partial charge in [0, 0.05) is 18.9 Å². The molecule has 3 aromatic rings. The first kappa shape index (κ1) is 12.9. The van der Waals surface area contributed by atoms with Crippen LogP contribution in [-0.2, 0) is 6.54 Å². The predicted molar refractivity (Wildman–Crippen MR) is 85.9 cm³/mol. The van der Waals surface area contributed by atoms with Crippen LogP contribution in [0.15, 0.2) is 64.1 Å². The summed E-state index contributed by atoms with van der Waals surface area (Å²) in [5.74, 6) is 0. The van der Waals surface area contributed by atoms with Gasteiger partial charge in [0.05, 0.1) is 10.2 Å². The van der Waals surface area contributed by atoms with E-state index in [1.807, 2.05) is 22.8 Å². The van der Waals surface area contributed by atoms with Crippen LogP contribution in [0.25, 0.3) is 10.8 Å². The predicted octanol–water partition coefficient (Wildman–Crippen LogP) is 3.39. The fraction of sp³-hybridized carbons (Fsp3) is 0.0625. The molecule has 0 aliphatic rings. The van der Waals surface area contributed by atoms with Gasteiger partial charge in [-0.1, -0.05) is 42.5 Å². The number of nitrogens with two attached hydrogens (primary N) is 1. The Kier molecular flexibility index (Phi) is 3.32. The van der Waals surface area contributed by atoms with Crippen molar-refractivity contribution in [2.24, 2.45) is 0 Å². The van der Waals surface area contributed by atoms with Crippen molar-refractivity contribution in [3.05, 3.63) is 75.1 Å². The Labute approximate surface area is 124 Å². The molecular weight excluding hydrogens is 316 g/mol. The number of rotatable bonds is 2. The van der Waals surface area contributed by atoms with Gasteiger partial charge < -0.3 is 10.3 Å². The van der Waals surface area contributed by atoms with Crippen molar-refractivity contribution in [1.82, 2.24) is 4.57 Å². The second-order valence-electron chi connectivity index (χ2n) is 4.70. The van der Waals surface area contributed by atoms with E-state index in [4.69, 9.17) is 5.73 Å². The molecular formula is C16H13BrN2O. The Hall–Kier alpha value is -2.07. The SMILES string of the molecule is Nc1cn(Cc2cccc3ccccc23)cc(Br)c1=O. The molecule has 0 aliphatic carbocycles. The Balaban J connectivity index is 2.08. The summed E-state index contributed by atoms with van der Waals surface area (Å²) in [6.45, 7) is 0.671. The van der Waals surface area contributed by atoms with E-state index in [1.54, 1.807) is 12.4 Å². The minimum Gasteiger partial charge on any atom is -0.394 e. The molecule has 1 heterocycles. The number of benzene rings is 2. The lowest BCUT2D eigenvalue weighted by Gasteiger charge is -2.11. The van der Waals surface area contributed by atoms with Crippen molar-refractivity contribution in [3.8, 4) is 0 Å². The van der Waals surface area contributed by atoms with Crippen LogP contribution in [0.2, 0.25) is 0 Å². The first-order valence-corrected chi connectivity index (χ1v) is 7.06. The molecule has 0 amide bonds. The lowest BCUT2D eigenvalue weighted by atomic mass is 10.0. The van der Waals surface area contributed by atoms with Crippen LogP contribution >= 0.6 is 15.9 Å². The van der Waals surface area contributed by atoms with Crippen molar-refractivity contribution in [1.29, 1.82) is 0 Å². The highest BCUT2D eigenvalue weighted by atomic mass is 79.9. The summed E-state index contributed by atoms with van der Waals surface area (Å²) >= 11 is 3.25. The molecule has 100 valence electrons. The Morgan fingerprint density at radius 3 is 2.60 bits per heavy atom. The van der Waals surface area contributed by atoms with Crippen molar-refractivity contribution in [3.63, 3.8) is 0 Å². The number of nitrogen functional groups attached to an aromatic ring is 1. The zero-order chi connectivity index (χ0) is 14.1. The zero-order valence-electron chi connectivity index (χ0n) is 10.7. The Bertz CT molecular complexity index is 808. The minimum absolute atomic E-state index is 0.167. The summed E-state index contributed by atoms with van der Waals surface area (Å²) in [5.41, 5.74) is 7.00. The lowest BCUT2D eigenvalue weighted by Crippen LogP contribution is -2.13. The molecule has 2 N–H and O–H groups in total. The fourth-order valence-corrected chi connectivity index (χ4v) is 2.83. The molecule has 2 aromatic carbocycles. The molecule has 0 radical (unpaired) electrons. The van der Waals surface area contributed by atoms with Crippen LogP contribution in [0.3, 0.4) is 0 Å². The second-order valence-corrected chi connectivity index (χ2v) is 5.56. The van der Waals surface area contributed by atoms with Crippen molar-refractivity contribution in [2.75, 3.05) is 5.73 Å². The van der Waals surface area contributed by atoms with Gasteiger partial charge in [0.25, 0.3) is 0 Å². The summed E-state index contributed by atoms with van der Waals surface area (Å²) in [4.78, 5) is 11.6. The number of hydrogen-bond donors (Lipinski definition) is 1. The third-order valence-corrected chi connectivity index (χ3v) is 3.86. The van der Waals surface area contributed by atoms with Gasteiger partial charge in [0.1, 0.15) is 0 Å². The monoisotopic (exact) mass is 328 g/mol. The normalized spacial score (nSPS) is 10.8. The average molecular weight is 329 g/mol. The fourth-order valence-electron chi connectivity index (χ4n) is 2.33. The number of pyridine rings is 1. The van der Waals surface area contributed by atoms with Gasteiger partial charge in [0.15, 0.2) is 0 Å². The van der Waals surface area contributed by atoms with Crippen LogP contribution in [0.5, 0.6) is 0 Å². The number of fused-ring (bicyclic) bond motifs is 1. The lowest BCUT2D eigenvalue weighted by molar-refractivity contribution is 0.792. The van der Waals surface area contributed by atoms with Crippen molar-refractivity contribution >= 4 is 32.4 Å². The molecule has 0 atom stereocenters. The number of anilines is 1. The first-order valence-electron chi connectivity index (χ1n) is 6.27. The third kappa shape index (κ3) is 2.34. The number of halogens is 1. The molecule has 3 nitrogen and oxygen atoms in total. The highest BCUT2D eigenvalue weighted by Crippen LogP contribution is 2.20. The van der Waals surface area contributed by atoms with E-state index < -0.39 is 0 Å². The van der Waals surface area contributed by atoms with Crippen LogP contribution in [-0.4, -0.2) is 4.57 Å². The molecule has 4 heteroatoms. The van der Waals surface area contributed by atoms with Gasteiger partial charge in [-0.2, -0.15) is 0 Å². The highest BCUT2D eigenvalue weighted by molar-refractivity contribution is 9.10. The van der Waals surface area contributed by atoms with E-state index in [0.29, 0.717) is 11.0 Å². The van der Waals surface area contributed by atoms with E-state index in [9.17, 15) is 4.79 Å². The smallest absolute Gasteiger partial charge is 0.218 e. The highest BCUT2D eigenvalue weighted by Gasteiger charge is 2.05. The van der Waals surface area contributed by atoms with Crippen molar-refractivity contribution < 1.29 is 0 Å². The molecule has 0 saturated carbocycles. The van der Waals surface area contributed by atoms with Crippen molar-refractivity contribution in [2.45, 2.75) is 6.54 Å². The molecule has 20 heavy (non-hydrogen) atoms. The number of hydrogen-bond acceptors (Lipinski definition) is 2. The second kappa shape index (κ2) is 5.13. The Morgan fingerprint density at radius 2 is 1.80 bits per heavy atom. The quantitative estimate of drug-likeness (QED) is 0.783. The summed E-state index contributed by atoms with van der Waals surface area (Å²) in [7, 11) is 0. The molecule has 0 bridgehead atoms. The maximum absolute atomic E-state index is 11.6. The number of nitrogens with zero attached hydrogens (tertiary/aromatic N) is 1. The van der Waals surface area contributed by atoms with Gasteiger partial charge >= 0.3 is 0 Å². The van der Waals surface area contributed by atoms with Gasteiger partial charge in [-0.3, -0.25) is 4.79 Å². The molecule has 0 aliphatic heterocycles. The minimum atomic E-state index is -0.167. The third-order valence-electron chi connectivity index (χ3n) is 3.30. The summed E-state index contributed by atoms with van der Waals surface area (Å²) in [6.07, 6.45) is 3.44. The zero-order valence-corrected chi connectivity index (χ0v) is 12.3. The van der Waals surface area contributed by atoms with Crippen LogP contribution < -0.4 is 11.2 Å². The molecule has 0 fully saturated rings. The van der Waals surface area contributed by atoms with Crippen LogP contribution in [0.1, 0.15) is 5.56 Å². The van der Waals surface area contributed by atoms with E-state index in [0.717, 1.165) is 0 Å². The maximum Gasteiger partial charge on any atom is 0.218 e. The van der Waals surface area contributed by atoms with Crippen LogP contribution in [0.4, 0.5) is 5.69 Å².